The normalized spacial score (nSPS) is 12.2. The number of anilines is 1. The zero-order valence-electron chi connectivity index (χ0n) is 21.4. The van der Waals surface area contributed by atoms with Crippen LogP contribution < -0.4 is 19.1 Å². The molecule has 0 aliphatic heterocycles. The van der Waals surface area contributed by atoms with Crippen molar-refractivity contribution in [1.29, 1.82) is 0 Å². The summed E-state index contributed by atoms with van der Waals surface area (Å²) >= 11 is 6.00. The Morgan fingerprint density at radius 1 is 1.16 bits per heavy atom. The number of ether oxygens (including phenoxy) is 3. The third-order valence-corrected chi connectivity index (χ3v) is 5.89. The second-order valence-electron chi connectivity index (χ2n) is 8.86. The summed E-state index contributed by atoms with van der Waals surface area (Å²) in [4.78, 5) is 17.8. The summed E-state index contributed by atoms with van der Waals surface area (Å²) in [7, 11) is -3.07. The molecule has 1 aromatic carbocycles. The third-order valence-electron chi connectivity index (χ3n) is 4.40. The fraction of sp³-hybridized carbons (Fsp3) is 0.478. The molecule has 0 bridgehead atoms. The first-order chi connectivity index (χ1) is 17.6. The minimum absolute atomic E-state index is 0.0426. The van der Waals surface area contributed by atoms with Crippen LogP contribution in [0.2, 0.25) is 5.02 Å². The third kappa shape index (κ3) is 9.19. The van der Waals surface area contributed by atoms with Gasteiger partial charge in [0.1, 0.15) is 23.1 Å². The summed E-state index contributed by atoms with van der Waals surface area (Å²) in [5.41, 5.74) is -2.08. The van der Waals surface area contributed by atoms with Crippen LogP contribution in [0.5, 0.6) is 17.4 Å². The molecule has 0 saturated carbocycles. The summed E-state index contributed by atoms with van der Waals surface area (Å²) in [6, 6.07) is 5.00. The van der Waals surface area contributed by atoms with Crippen molar-refractivity contribution in [2.24, 2.45) is 0 Å². The van der Waals surface area contributed by atoms with Crippen LogP contribution in [0.15, 0.2) is 30.5 Å². The number of pyridine rings is 1. The van der Waals surface area contributed by atoms with Crippen LogP contribution in [0, 0.1) is 0 Å². The molecule has 2 rings (SSSR count). The molecule has 212 valence electrons. The van der Waals surface area contributed by atoms with Gasteiger partial charge in [-0.25, -0.2) is 9.78 Å². The molecule has 10 nitrogen and oxygen atoms in total. The second-order valence-corrected chi connectivity index (χ2v) is 10.5. The minimum atomic E-state index is -4.68. The predicted molar refractivity (Wildman–Crippen MR) is 134 cm³/mol. The Morgan fingerprint density at radius 2 is 1.82 bits per heavy atom. The molecule has 1 N–H and O–H groups in total. The number of benzene rings is 1. The van der Waals surface area contributed by atoms with Gasteiger partial charge < -0.3 is 18.4 Å². The van der Waals surface area contributed by atoms with E-state index in [1.54, 1.807) is 27.7 Å². The van der Waals surface area contributed by atoms with Crippen molar-refractivity contribution in [2.45, 2.75) is 45.8 Å². The van der Waals surface area contributed by atoms with Gasteiger partial charge in [0.2, 0.25) is 5.88 Å². The Morgan fingerprint density at radius 3 is 2.37 bits per heavy atom. The van der Waals surface area contributed by atoms with Gasteiger partial charge in [-0.3, -0.25) is 4.90 Å². The van der Waals surface area contributed by atoms with Gasteiger partial charge in [0.25, 0.3) is 0 Å². The molecule has 2 aromatic rings. The van der Waals surface area contributed by atoms with E-state index in [9.17, 15) is 26.4 Å². The standard InChI is InChI=1S/C23H29ClF3N3O7S/c1-6-10-30(21(31)37-38(32,33)29-22(2,3)4)19-17(35-12-11-34-5)8-7-9-18(19)36-20-16(24)13-15(14-28-20)23(25,26)27/h7-9,13-14,29H,6,10-12H2,1-5H3. The van der Waals surface area contributed by atoms with E-state index in [2.05, 4.69) is 9.71 Å². The lowest BCUT2D eigenvalue weighted by Crippen LogP contribution is -2.44. The van der Waals surface area contributed by atoms with E-state index in [1.807, 2.05) is 0 Å². The van der Waals surface area contributed by atoms with E-state index < -0.39 is 38.7 Å². The van der Waals surface area contributed by atoms with E-state index in [1.165, 1.54) is 25.3 Å². The monoisotopic (exact) mass is 583 g/mol. The zero-order chi connectivity index (χ0) is 28.7. The second kappa shape index (κ2) is 12.8. The maximum atomic E-state index is 13.1. The van der Waals surface area contributed by atoms with Crippen LogP contribution in [0.25, 0.3) is 0 Å². The van der Waals surface area contributed by atoms with Gasteiger partial charge in [-0.05, 0) is 45.4 Å². The summed E-state index contributed by atoms with van der Waals surface area (Å²) in [6.07, 6.45) is -5.05. The summed E-state index contributed by atoms with van der Waals surface area (Å²) in [5, 5.41) is -0.446. The van der Waals surface area contributed by atoms with Crippen molar-refractivity contribution >= 4 is 33.7 Å². The number of nitrogens with one attached hydrogen (secondary N) is 1. The molecule has 0 aliphatic carbocycles. The molecular weight excluding hydrogens is 555 g/mol. The van der Waals surface area contributed by atoms with Crippen LogP contribution in [-0.2, 0) is 25.4 Å². The van der Waals surface area contributed by atoms with Crippen molar-refractivity contribution < 1.29 is 44.8 Å². The Kier molecular flexibility index (Phi) is 10.6. The predicted octanol–water partition coefficient (Wildman–Crippen LogP) is 5.56. The number of carbonyl (C=O) groups excluding carboxylic acids is 1. The molecule has 0 atom stereocenters. The molecule has 0 radical (unpaired) electrons. The fourth-order valence-electron chi connectivity index (χ4n) is 3.01. The zero-order valence-corrected chi connectivity index (χ0v) is 23.0. The molecule has 0 saturated heterocycles. The van der Waals surface area contributed by atoms with E-state index in [0.717, 1.165) is 4.90 Å². The number of halogens is 4. The minimum Gasteiger partial charge on any atom is -0.489 e. The van der Waals surface area contributed by atoms with Crippen molar-refractivity contribution in [2.75, 3.05) is 31.8 Å². The van der Waals surface area contributed by atoms with Crippen molar-refractivity contribution in [3.8, 4) is 17.4 Å². The van der Waals surface area contributed by atoms with E-state index >= 15 is 0 Å². The summed E-state index contributed by atoms with van der Waals surface area (Å²) < 4.78 is 87.4. The SMILES string of the molecule is CCCN(C(=O)OS(=O)(=O)NC(C)(C)C)c1c(OCCOC)cccc1Oc1ncc(C(F)(F)F)cc1Cl. The molecular formula is C23H29ClF3N3O7S. The highest BCUT2D eigenvalue weighted by atomic mass is 35.5. The Hall–Kier alpha value is -2.81. The van der Waals surface area contributed by atoms with Crippen LogP contribution in [-0.4, -0.2) is 51.9 Å². The molecule has 0 aliphatic rings. The average Bonchev–Trinajstić information content (AvgIpc) is 2.76. The van der Waals surface area contributed by atoms with Gasteiger partial charge in [0.05, 0.1) is 12.2 Å². The van der Waals surface area contributed by atoms with Gasteiger partial charge in [-0.1, -0.05) is 24.6 Å². The number of nitrogens with zero attached hydrogens (tertiary/aromatic N) is 2. The Balaban J connectivity index is 2.56. The lowest BCUT2D eigenvalue weighted by molar-refractivity contribution is -0.137. The first-order valence-electron chi connectivity index (χ1n) is 11.3. The number of rotatable bonds is 11. The largest absolute Gasteiger partial charge is 0.489 e. The van der Waals surface area contributed by atoms with Crippen LogP contribution in [0.1, 0.15) is 39.7 Å². The van der Waals surface area contributed by atoms with Gasteiger partial charge in [0, 0.05) is 25.4 Å². The first-order valence-corrected chi connectivity index (χ1v) is 13.1. The number of amides is 1. The molecule has 1 heterocycles. The van der Waals surface area contributed by atoms with Crippen molar-refractivity contribution in [1.82, 2.24) is 9.71 Å². The maximum absolute atomic E-state index is 13.1. The number of para-hydroxylation sites is 1. The molecule has 1 amide bonds. The smallest absolute Gasteiger partial charge is 0.431 e. The van der Waals surface area contributed by atoms with Gasteiger partial charge in [-0.2, -0.15) is 26.3 Å². The molecule has 0 spiro atoms. The summed E-state index contributed by atoms with van der Waals surface area (Å²) in [6.45, 7) is 6.60. The van der Waals surface area contributed by atoms with Crippen molar-refractivity contribution in [3.05, 3.63) is 41.0 Å². The van der Waals surface area contributed by atoms with Gasteiger partial charge >= 0.3 is 22.6 Å². The average molecular weight is 584 g/mol. The highest BCUT2D eigenvalue weighted by Gasteiger charge is 2.33. The van der Waals surface area contributed by atoms with E-state index in [0.29, 0.717) is 18.7 Å². The fourth-order valence-corrected chi connectivity index (χ4v) is 4.29. The van der Waals surface area contributed by atoms with E-state index in [-0.39, 0.29) is 42.8 Å². The maximum Gasteiger partial charge on any atom is 0.431 e. The molecule has 15 heteroatoms. The quantitative estimate of drug-likeness (QED) is 0.342. The summed E-state index contributed by atoms with van der Waals surface area (Å²) in [5.74, 6) is -0.420. The number of hydrogen-bond donors (Lipinski definition) is 1. The first kappa shape index (κ1) is 31.4. The van der Waals surface area contributed by atoms with Crippen LogP contribution in [0.4, 0.5) is 23.7 Å². The number of hydrogen-bond acceptors (Lipinski definition) is 8. The lowest BCUT2D eigenvalue weighted by atomic mass is 10.1. The molecule has 0 fully saturated rings. The molecule has 1 aromatic heterocycles. The number of alkyl halides is 3. The van der Waals surface area contributed by atoms with Crippen LogP contribution in [0.3, 0.4) is 0 Å². The number of methoxy groups -OCH3 is 1. The lowest BCUT2D eigenvalue weighted by Gasteiger charge is -2.27. The number of aromatic nitrogens is 1. The van der Waals surface area contributed by atoms with Gasteiger partial charge in [-0.15, -0.1) is 0 Å². The molecule has 38 heavy (non-hydrogen) atoms. The van der Waals surface area contributed by atoms with Crippen LogP contribution >= 0.6 is 11.6 Å². The highest BCUT2D eigenvalue weighted by Crippen LogP contribution is 2.42. The topological polar surface area (TPSA) is 116 Å². The highest BCUT2D eigenvalue weighted by molar-refractivity contribution is 7.85. The Bertz CT molecular complexity index is 1220. The van der Waals surface area contributed by atoms with Crippen molar-refractivity contribution in [3.63, 3.8) is 0 Å². The Labute approximate surface area is 224 Å². The molecule has 0 unspecified atom stereocenters. The number of carbonyl (C=O) groups is 1. The van der Waals surface area contributed by atoms with Gasteiger partial charge in [0.15, 0.2) is 5.75 Å². The van der Waals surface area contributed by atoms with E-state index in [4.69, 9.17) is 30.0 Å².